The van der Waals surface area contributed by atoms with E-state index in [-0.39, 0.29) is 5.41 Å². The molecule has 4 heteroatoms. The number of para-hydroxylation sites is 2. The first-order chi connectivity index (χ1) is 22.1. The zero-order chi connectivity index (χ0) is 30.1. The summed E-state index contributed by atoms with van der Waals surface area (Å²) in [5.74, 6) is 0.681. The maximum Gasteiger partial charge on any atom is 0.235 e. The minimum Gasteiger partial charge on any atom is -0.316 e. The summed E-state index contributed by atoms with van der Waals surface area (Å²) in [6.07, 6.45) is 6.59. The lowest BCUT2D eigenvalue weighted by atomic mass is 9.84. The van der Waals surface area contributed by atoms with Gasteiger partial charge in [-0.2, -0.15) is 0 Å². The Morgan fingerprint density at radius 3 is 2.11 bits per heavy atom. The van der Waals surface area contributed by atoms with Crippen molar-refractivity contribution < 1.29 is 0 Å². The normalized spacial score (nSPS) is 13.6. The molecule has 1 aliphatic carbocycles. The van der Waals surface area contributed by atoms with Gasteiger partial charge in [0, 0.05) is 44.6 Å². The van der Waals surface area contributed by atoms with Crippen LogP contribution in [-0.4, -0.2) is 19.1 Å². The van der Waals surface area contributed by atoms with Crippen LogP contribution in [0.25, 0.3) is 72.8 Å². The topological polar surface area (TPSA) is 35.6 Å². The maximum absolute atomic E-state index is 5.52. The zero-order valence-corrected chi connectivity index (χ0v) is 25.1. The van der Waals surface area contributed by atoms with Gasteiger partial charge in [0.25, 0.3) is 0 Å². The van der Waals surface area contributed by atoms with Gasteiger partial charge in [-0.3, -0.25) is 4.57 Å². The van der Waals surface area contributed by atoms with E-state index in [0.717, 1.165) is 50.3 Å². The molecule has 3 heterocycles. The molecule has 214 valence electrons. The molecule has 0 amide bonds. The molecule has 0 bridgehead atoms. The first-order valence-corrected chi connectivity index (χ1v) is 15.4. The van der Waals surface area contributed by atoms with Crippen molar-refractivity contribution in [3.05, 3.63) is 151 Å². The van der Waals surface area contributed by atoms with Gasteiger partial charge in [-0.05, 0) is 47.5 Å². The maximum atomic E-state index is 5.52. The summed E-state index contributed by atoms with van der Waals surface area (Å²) in [5.41, 5.74) is 10.9. The monoisotopic (exact) mass is 578 g/mol. The van der Waals surface area contributed by atoms with Crippen molar-refractivity contribution in [1.82, 2.24) is 19.1 Å². The quantitative estimate of drug-likeness (QED) is 0.208. The lowest BCUT2D eigenvalue weighted by Gasteiger charge is -2.23. The third-order valence-electron chi connectivity index (χ3n) is 9.23. The summed E-state index contributed by atoms with van der Waals surface area (Å²) in [5, 5.41) is 3.54. The molecular weight excluding hydrogens is 548 g/mol. The van der Waals surface area contributed by atoms with Crippen LogP contribution in [0.4, 0.5) is 0 Å². The standard InChI is InChI=1S/C41H30N4/c1-41(2)25-23-34-37(41)38(31-19-10-9-17-29(31)27-13-5-3-6-14-27)43-40(42-34)45-36-20-12-11-18-30(36)32-21-22-35-33(39(32)45)24-26-44(35)28-15-7-4-8-16-28/h3-26H,1-2H3. The fourth-order valence-electron chi connectivity index (χ4n) is 7.14. The molecule has 0 spiro atoms. The molecule has 0 fully saturated rings. The predicted octanol–water partition coefficient (Wildman–Crippen LogP) is 10.2. The average Bonchev–Trinajstić information content (AvgIpc) is 3.76. The van der Waals surface area contributed by atoms with E-state index in [1.54, 1.807) is 0 Å². The van der Waals surface area contributed by atoms with Gasteiger partial charge in [0.1, 0.15) is 0 Å². The molecule has 0 radical (unpaired) electrons. The summed E-state index contributed by atoms with van der Waals surface area (Å²) < 4.78 is 4.53. The van der Waals surface area contributed by atoms with Gasteiger partial charge < -0.3 is 4.57 Å². The van der Waals surface area contributed by atoms with Gasteiger partial charge in [0.15, 0.2) is 0 Å². The highest BCUT2D eigenvalue weighted by Crippen LogP contribution is 2.44. The van der Waals surface area contributed by atoms with E-state index in [4.69, 9.17) is 9.97 Å². The van der Waals surface area contributed by atoms with Crippen LogP contribution < -0.4 is 0 Å². The van der Waals surface area contributed by atoms with Crippen LogP contribution in [-0.2, 0) is 5.41 Å². The van der Waals surface area contributed by atoms with Gasteiger partial charge in [0.05, 0.1) is 27.9 Å². The Bertz CT molecular complexity index is 2440. The first-order valence-electron chi connectivity index (χ1n) is 15.4. The van der Waals surface area contributed by atoms with Gasteiger partial charge in [-0.25, -0.2) is 9.97 Å². The lowest BCUT2D eigenvalue weighted by Crippen LogP contribution is -2.16. The second kappa shape index (κ2) is 9.63. The Balaban J connectivity index is 1.38. The Labute approximate surface area is 261 Å². The molecule has 4 nitrogen and oxygen atoms in total. The van der Waals surface area contributed by atoms with Crippen LogP contribution >= 0.6 is 0 Å². The minimum absolute atomic E-state index is 0.200. The Morgan fingerprint density at radius 2 is 1.29 bits per heavy atom. The molecule has 0 saturated carbocycles. The Morgan fingerprint density at radius 1 is 0.578 bits per heavy atom. The molecular formula is C41H30N4. The van der Waals surface area contributed by atoms with E-state index in [1.165, 1.54) is 21.7 Å². The van der Waals surface area contributed by atoms with Gasteiger partial charge in [-0.1, -0.05) is 117 Å². The Hall–Kier alpha value is -5.74. The molecule has 3 aromatic heterocycles. The summed E-state index contributed by atoms with van der Waals surface area (Å²) in [6.45, 7) is 4.51. The molecule has 0 N–H and O–H groups in total. The van der Waals surface area contributed by atoms with E-state index in [1.807, 2.05) is 0 Å². The van der Waals surface area contributed by atoms with Crippen LogP contribution in [0.1, 0.15) is 25.1 Å². The van der Waals surface area contributed by atoms with Crippen molar-refractivity contribution in [1.29, 1.82) is 0 Å². The fraction of sp³-hybridized carbons (Fsp3) is 0.0732. The number of nitrogens with zero attached hydrogens (tertiary/aromatic N) is 4. The Kier molecular flexibility index (Phi) is 5.51. The summed E-state index contributed by atoms with van der Waals surface area (Å²) >= 11 is 0. The van der Waals surface area contributed by atoms with Crippen molar-refractivity contribution >= 4 is 38.8 Å². The number of hydrogen-bond acceptors (Lipinski definition) is 2. The van der Waals surface area contributed by atoms with Crippen LogP contribution in [0.2, 0.25) is 0 Å². The van der Waals surface area contributed by atoms with E-state index >= 15 is 0 Å². The molecule has 0 unspecified atom stereocenters. The van der Waals surface area contributed by atoms with Crippen molar-refractivity contribution in [3.63, 3.8) is 0 Å². The van der Waals surface area contributed by atoms with Crippen LogP contribution in [0, 0.1) is 0 Å². The van der Waals surface area contributed by atoms with Crippen molar-refractivity contribution in [2.24, 2.45) is 0 Å². The molecule has 1 aliphatic rings. The first kappa shape index (κ1) is 25.7. The van der Waals surface area contributed by atoms with E-state index in [2.05, 4.69) is 169 Å². The smallest absolute Gasteiger partial charge is 0.235 e. The van der Waals surface area contributed by atoms with E-state index < -0.39 is 0 Å². The van der Waals surface area contributed by atoms with Gasteiger partial charge >= 0.3 is 0 Å². The molecule has 5 aromatic carbocycles. The third-order valence-corrected chi connectivity index (χ3v) is 9.23. The third kappa shape index (κ3) is 3.85. The van der Waals surface area contributed by atoms with Gasteiger partial charge in [-0.15, -0.1) is 0 Å². The highest BCUT2D eigenvalue weighted by atomic mass is 15.2. The predicted molar refractivity (Wildman–Crippen MR) is 186 cm³/mol. The molecule has 0 saturated heterocycles. The molecule has 0 atom stereocenters. The van der Waals surface area contributed by atoms with Crippen LogP contribution in [0.3, 0.4) is 0 Å². The van der Waals surface area contributed by atoms with Gasteiger partial charge in [0.2, 0.25) is 5.95 Å². The number of hydrogen-bond donors (Lipinski definition) is 0. The number of aromatic nitrogens is 4. The summed E-state index contributed by atoms with van der Waals surface area (Å²) in [4.78, 5) is 10.8. The summed E-state index contributed by atoms with van der Waals surface area (Å²) in [7, 11) is 0. The van der Waals surface area contributed by atoms with Crippen molar-refractivity contribution in [2.75, 3.05) is 0 Å². The van der Waals surface area contributed by atoms with E-state index in [0.29, 0.717) is 5.95 Å². The van der Waals surface area contributed by atoms with Crippen LogP contribution in [0.15, 0.2) is 140 Å². The largest absolute Gasteiger partial charge is 0.316 e. The SMILES string of the molecule is CC1(C)C=Cc2nc(-n3c4ccccc4c4ccc5c(ccn5-c5ccccc5)c43)nc(-c3ccccc3-c3ccccc3)c21. The minimum atomic E-state index is -0.200. The number of benzene rings is 5. The molecule has 45 heavy (non-hydrogen) atoms. The highest BCUT2D eigenvalue weighted by Gasteiger charge is 2.33. The molecule has 0 aliphatic heterocycles. The second-order valence-corrected chi connectivity index (χ2v) is 12.4. The number of allylic oxidation sites excluding steroid dienone is 1. The zero-order valence-electron chi connectivity index (χ0n) is 25.1. The van der Waals surface area contributed by atoms with Crippen molar-refractivity contribution in [2.45, 2.75) is 19.3 Å². The van der Waals surface area contributed by atoms with Crippen LogP contribution in [0.5, 0.6) is 0 Å². The lowest BCUT2D eigenvalue weighted by molar-refractivity contribution is 0.677. The van der Waals surface area contributed by atoms with E-state index in [9.17, 15) is 0 Å². The van der Waals surface area contributed by atoms with Crippen molar-refractivity contribution in [3.8, 4) is 34.0 Å². The average molecular weight is 579 g/mol. The number of fused-ring (bicyclic) bond motifs is 6. The summed E-state index contributed by atoms with van der Waals surface area (Å²) in [6, 6.07) is 45.0. The fourth-order valence-corrected chi connectivity index (χ4v) is 7.14. The molecule has 8 aromatic rings. The molecule has 9 rings (SSSR count). The highest BCUT2D eigenvalue weighted by molar-refractivity contribution is 6.18. The second-order valence-electron chi connectivity index (χ2n) is 12.4. The number of rotatable bonds is 4.